The smallest absolute Gasteiger partial charge is 0.143 e. The lowest BCUT2D eigenvalue weighted by Gasteiger charge is -2.15. The van der Waals surface area contributed by atoms with Crippen molar-refractivity contribution in [1.82, 2.24) is 20.5 Å². The highest BCUT2D eigenvalue weighted by Crippen LogP contribution is 2.21. The number of nitrogens with zero attached hydrogens (tertiary/aromatic N) is 3. The summed E-state index contributed by atoms with van der Waals surface area (Å²) in [5, 5.41) is 14.7. The summed E-state index contributed by atoms with van der Waals surface area (Å²) in [7, 11) is 0. The molecule has 0 radical (unpaired) electrons. The fourth-order valence-electron chi connectivity index (χ4n) is 1.70. The molecular weight excluding hydrogens is 208 g/mol. The van der Waals surface area contributed by atoms with Gasteiger partial charge in [-0.25, -0.2) is 4.98 Å². The second kappa shape index (κ2) is 3.67. The van der Waals surface area contributed by atoms with Gasteiger partial charge in [0.1, 0.15) is 10.7 Å². The van der Waals surface area contributed by atoms with Crippen LogP contribution in [0.4, 0.5) is 0 Å². The summed E-state index contributed by atoms with van der Waals surface area (Å²) >= 11 is 1.59. The number of hydrogen-bond donors (Lipinski definition) is 1. The first-order valence-corrected chi connectivity index (χ1v) is 5.77. The van der Waals surface area contributed by atoms with Crippen LogP contribution in [0.15, 0.2) is 17.6 Å². The van der Waals surface area contributed by atoms with Crippen molar-refractivity contribution in [2.24, 2.45) is 0 Å². The van der Waals surface area contributed by atoms with Crippen molar-refractivity contribution in [3.05, 3.63) is 28.9 Å². The van der Waals surface area contributed by atoms with Crippen LogP contribution in [0, 0.1) is 0 Å². The summed E-state index contributed by atoms with van der Waals surface area (Å²) in [4.78, 5) is 4.23. The average Bonchev–Trinajstić information content (AvgIpc) is 2.82. The van der Waals surface area contributed by atoms with E-state index in [0.717, 1.165) is 35.9 Å². The molecule has 0 aromatic carbocycles. The summed E-state index contributed by atoms with van der Waals surface area (Å²) in [5.74, 6) is 0. The van der Waals surface area contributed by atoms with Gasteiger partial charge in [0.05, 0.1) is 5.69 Å². The minimum absolute atomic E-state index is 0.882. The van der Waals surface area contributed by atoms with Gasteiger partial charge in [-0.15, -0.1) is 16.4 Å². The lowest BCUT2D eigenvalue weighted by molar-refractivity contribution is 0.621. The topological polar surface area (TPSA) is 50.7 Å². The van der Waals surface area contributed by atoms with Crippen LogP contribution in [-0.4, -0.2) is 21.7 Å². The van der Waals surface area contributed by atoms with Crippen LogP contribution < -0.4 is 5.32 Å². The predicted molar refractivity (Wildman–Crippen MR) is 58.6 cm³/mol. The molecule has 0 atom stereocenters. The quantitative estimate of drug-likeness (QED) is 0.782. The monoisotopic (exact) mass is 218 g/mol. The molecule has 3 heterocycles. The van der Waals surface area contributed by atoms with Crippen molar-refractivity contribution in [2.45, 2.75) is 13.0 Å². The van der Waals surface area contributed by atoms with E-state index in [1.165, 1.54) is 5.56 Å². The summed E-state index contributed by atoms with van der Waals surface area (Å²) in [5.41, 5.74) is 3.25. The molecule has 1 aliphatic rings. The molecule has 2 aromatic rings. The Morgan fingerprint density at radius 3 is 3.20 bits per heavy atom. The second-order valence-corrected chi connectivity index (χ2v) is 4.36. The van der Waals surface area contributed by atoms with E-state index in [4.69, 9.17) is 0 Å². The number of nitrogens with one attached hydrogen (secondary N) is 1. The Bertz CT molecular complexity index is 466. The molecule has 0 bridgehead atoms. The predicted octanol–water partition coefficient (Wildman–Crippen LogP) is 1.25. The van der Waals surface area contributed by atoms with E-state index in [2.05, 4.69) is 26.6 Å². The number of fused-ring (bicyclic) bond motifs is 1. The van der Waals surface area contributed by atoms with Gasteiger partial charge in [-0.3, -0.25) is 0 Å². The Balaban J connectivity index is 2.04. The Hall–Kier alpha value is -1.33. The first-order valence-electron chi connectivity index (χ1n) is 4.89. The van der Waals surface area contributed by atoms with Gasteiger partial charge in [-0.05, 0) is 11.6 Å². The van der Waals surface area contributed by atoms with E-state index in [0.29, 0.717) is 0 Å². The van der Waals surface area contributed by atoms with Crippen LogP contribution in [0.5, 0.6) is 0 Å². The molecule has 1 N–H and O–H groups in total. The van der Waals surface area contributed by atoms with Gasteiger partial charge in [0.2, 0.25) is 0 Å². The molecule has 0 unspecified atom stereocenters. The maximum atomic E-state index is 4.25. The van der Waals surface area contributed by atoms with Crippen molar-refractivity contribution in [1.29, 1.82) is 0 Å². The van der Waals surface area contributed by atoms with E-state index in [1.54, 1.807) is 17.5 Å². The van der Waals surface area contributed by atoms with E-state index >= 15 is 0 Å². The molecule has 5 heteroatoms. The highest BCUT2D eigenvalue weighted by atomic mass is 32.1. The number of aromatic nitrogens is 3. The molecule has 15 heavy (non-hydrogen) atoms. The standard InChI is InChI=1S/C10H10N4S/c1-2-11-6-7-5-9(14-13-8(1)7)10-12-3-4-15-10/h3-5,11H,1-2,6H2. The fraction of sp³-hybridized carbons (Fsp3) is 0.300. The van der Waals surface area contributed by atoms with Crippen molar-refractivity contribution in [2.75, 3.05) is 6.54 Å². The van der Waals surface area contributed by atoms with Crippen molar-refractivity contribution >= 4 is 11.3 Å². The molecule has 0 saturated heterocycles. The normalized spacial score (nSPS) is 14.9. The van der Waals surface area contributed by atoms with Gasteiger partial charge >= 0.3 is 0 Å². The minimum Gasteiger partial charge on any atom is -0.312 e. The first kappa shape index (κ1) is 8.94. The Kier molecular flexibility index (Phi) is 2.19. The molecular formula is C10H10N4S. The van der Waals surface area contributed by atoms with Crippen LogP contribution in [-0.2, 0) is 13.0 Å². The molecule has 3 rings (SSSR count). The summed E-state index contributed by atoms with van der Waals surface area (Å²) in [6, 6.07) is 2.09. The Labute approximate surface area is 91.4 Å². The third-order valence-electron chi connectivity index (χ3n) is 2.47. The SMILES string of the molecule is c1csc(-c2cc3c(nn2)CCNC3)n1. The van der Waals surface area contributed by atoms with Crippen LogP contribution >= 0.6 is 11.3 Å². The van der Waals surface area contributed by atoms with Crippen molar-refractivity contribution in [3.8, 4) is 10.7 Å². The number of hydrogen-bond acceptors (Lipinski definition) is 5. The summed E-state index contributed by atoms with van der Waals surface area (Å²) in [6.07, 6.45) is 2.76. The lowest BCUT2D eigenvalue weighted by atomic mass is 10.1. The number of rotatable bonds is 1. The molecule has 0 aliphatic carbocycles. The maximum Gasteiger partial charge on any atom is 0.143 e. The zero-order valence-electron chi connectivity index (χ0n) is 8.10. The minimum atomic E-state index is 0.882. The fourth-order valence-corrected chi connectivity index (χ4v) is 2.30. The molecule has 0 amide bonds. The van der Waals surface area contributed by atoms with Gasteiger partial charge in [0.25, 0.3) is 0 Å². The lowest BCUT2D eigenvalue weighted by Crippen LogP contribution is -2.24. The van der Waals surface area contributed by atoms with E-state index < -0.39 is 0 Å². The first-order chi connectivity index (χ1) is 7.43. The molecule has 0 fully saturated rings. The van der Waals surface area contributed by atoms with E-state index in [1.807, 2.05) is 5.38 Å². The van der Waals surface area contributed by atoms with Crippen LogP contribution in [0.25, 0.3) is 10.7 Å². The third-order valence-corrected chi connectivity index (χ3v) is 3.26. The Morgan fingerprint density at radius 2 is 2.33 bits per heavy atom. The molecule has 76 valence electrons. The largest absolute Gasteiger partial charge is 0.312 e. The van der Waals surface area contributed by atoms with Crippen LogP contribution in [0.2, 0.25) is 0 Å². The number of thiazole rings is 1. The average molecular weight is 218 g/mol. The van der Waals surface area contributed by atoms with Gasteiger partial charge in [-0.2, -0.15) is 5.10 Å². The highest BCUT2D eigenvalue weighted by molar-refractivity contribution is 7.13. The van der Waals surface area contributed by atoms with Crippen molar-refractivity contribution in [3.63, 3.8) is 0 Å². The van der Waals surface area contributed by atoms with Gasteiger partial charge in [0.15, 0.2) is 0 Å². The summed E-state index contributed by atoms with van der Waals surface area (Å²) in [6.45, 7) is 1.89. The maximum absolute atomic E-state index is 4.25. The Morgan fingerprint density at radius 1 is 1.33 bits per heavy atom. The van der Waals surface area contributed by atoms with E-state index in [9.17, 15) is 0 Å². The summed E-state index contributed by atoms with van der Waals surface area (Å²) < 4.78 is 0. The van der Waals surface area contributed by atoms with Gasteiger partial charge < -0.3 is 5.32 Å². The van der Waals surface area contributed by atoms with Crippen LogP contribution in [0.3, 0.4) is 0 Å². The highest BCUT2D eigenvalue weighted by Gasteiger charge is 2.12. The van der Waals surface area contributed by atoms with Crippen LogP contribution in [0.1, 0.15) is 11.3 Å². The van der Waals surface area contributed by atoms with E-state index in [-0.39, 0.29) is 0 Å². The van der Waals surface area contributed by atoms with Crippen molar-refractivity contribution < 1.29 is 0 Å². The molecule has 0 saturated carbocycles. The zero-order chi connectivity index (χ0) is 10.1. The molecule has 1 aliphatic heterocycles. The second-order valence-electron chi connectivity index (χ2n) is 3.47. The molecule has 0 spiro atoms. The third kappa shape index (κ3) is 1.64. The molecule has 4 nitrogen and oxygen atoms in total. The van der Waals surface area contributed by atoms with Gasteiger partial charge in [0, 0.05) is 31.1 Å². The molecule has 2 aromatic heterocycles. The zero-order valence-corrected chi connectivity index (χ0v) is 8.92. The van der Waals surface area contributed by atoms with Gasteiger partial charge in [-0.1, -0.05) is 0 Å².